The van der Waals surface area contributed by atoms with E-state index in [1.54, 1.807) is 14.0 Å². The fraction of sp³-hybridized carbons (Fsp3) is 0.562. The average Bonchev–Trinajstić information content (AvgIpc) is 2.47. The van der Waals surface area contributed by atoms with E-state index in [4.69, 9.17) is 4.74 Å². The van der Waals surface area contributed by atoms with Crippen LogP contribution in [0, 0.1) is 12.7 Å². The zero-order valence-corrected chi connectivity index (χ0v) is 13.1. The molecule has 22 heavy (non-hydrogen) atoms. The minimum atomic E-state index is -0.618. The maximum atomic E-state index is 13.1. The van der Waals surface area contributed by atoms with Crippen LogP contribution in [0.1, 0.15) is 15.9 Å². The van der Waals surface area contributed by atoms with Crippen molar-refractivity contribution in [3.05, 3.63) is 35.1 Å². The SMILES string of the molecule is Cc1cc(F)ccc1C(=O)N(C)CC(O)CN1CCOCC1. The number of carbonyl (C=O) groups excluding carboxylic acids is 1. The summed E-state index contributed by atoms with van der Waals surface area (Å²) < 4.78 is 18.4. The zero-order valence-electron chi connectivity index (χ0n) is 13.1. The third-order valence-electron chi connectivity index (χ3n) is 3.82. The summed E-state index contributed by atoms with van der Waals surface area (Å²) in [7, 11) is 1.65. The lowest BCUT2D eigenvalue weighted by molar-refractivity contribution is 0.00878. The fourth-order valence-electron chi connectivity index (χ4n) is 2.61. The normalized spacial score (nSPS) is 17.3. The molecule has 1 heterocycles. The summed E-state index contributed by atoms with van der Waals surface area (Å²) >= 11 is 0. The Morgan fingerprint density at radius 3 is 2.77 bits per heavy atom. The number of rotatable bonds is 5. The number of morpholine rings is 1. The summed E-state index contributed by atoms with van der Waals surface area (Å²) in [6.45, 7) is 5.41. The first kappa shape index (κ1) is 16.9. The number of benzene rings is 1. The molecule has 1 N–H and O–H groups in total. The fourth-order valence-corrected chi connectivity index (χ4v) is 2.61. The third-order valence-corrected chi connectivity index (χ3v) is 3.82. The number of amides is 1. The van der Waals surface area contributed by atoms with Crippen molar-refractivity contribution < 1.29 is 19.0 Å². The maximum Gasteiger partial charge on any atom is 0.253 e. The van der Waals surface area contributed by atoms with Crippen molar-refractivity contribution >= 4 is 5.91 Å². The quantitative estimate of drug-likeness (QED) is 0.878. The number of aliphatic hydroxyl groups is 1. The van der Waals surface area contributed by atoms with E-state index in [1.807, 2.05) is 0 Å². The molecule has 1 aliphatic heterocycles. The lowest BCUT2D eigenvalue weighted by Gasteiger charge is -2.30. The van der Waals surface area contributed by atoms with Gasteiger partial charge in [-0.1, -0.05) is 0 Å². The minimum absolute atomic E-state index is 0.210. The molecule has 6 heteroatoms. The summed E-state index contributed by atoms with van der Waals surface area (Å²) in [5.41, 5.74) is 1.06. The van der Waals surface area contributed by atoms with Gasteiger partial charge in [0, 0.05) is 38.8 Å². The van der Waals surface area contributed by atoms with Crippen molar-refractivity contribution in [1.29, 1.82) is 0 Å². The van der Waals surface area contributed by atoms with Crippen LogP contribution >= 0.6 is 0 Å². The van der Waals surface area contributed by atoms with Crippen LogP contribution in [0.5, 0.6) is 0 Å². The molecular weight excluding hydrogens is 287 g/mol. The number of nitrogens with zero attached hydrogens (tertiary/aromatic N) is 2. The zero-order chi connectivity index (χ0) is 16.1. The molecule has 122 valence electrons. The molecule has 1 saturated heterocycles. The van der Waals surface area contributed by atoms with Crippen molar-refractivity contribution in [3.8, 4) is 0 Å². The molecule has 0 bridgehead atoms. The van der Waals surface area contributed by atoms with E-state index in [0.717, 1.165) is 13.1 Å². The van der Waals surface area contributed by atoms with Crippen LogP contribution in [0.2, 0.25) is 0 Å². The number of ether oxygens (including phenoxy) is 1. The van der Waals surface area contributed by atoms with Crippen molar-refractivity contribution in [1.82, 2.24) is 9.80 Å². The van der Waals surface area contributed by atoms with E-state index in [-0.39, 0.29) is 18.3 Å². The molecular formula is C16H23FN2O3. The average molecular weight is 310 g/mol. The third kappa shape index (κ3) is 4.50. The first-order valence-electron chi connectivity index (χ1n) is 7.47. The molecule has 1 atom stereocenters. The van der Waals surface area contributed by atoms with Crippen LogP contribution < -0.4 is 0 Å². The summed E-state index contributed by atoms with van der Waals surface area (Å²) in [5, 5.41) is 10.1. The molecule has 0 spiro atoms. The Hall–Kier alpha value is -1.50. The molecule has 1 aliphatic rings. The van der Waals surface area contributed by atoms with E-state index in [9.17, 15) is 14.3 Å². The number of aliphatic hydroxyl groups excluding tert-OH is 1. The lowest BCUT2D eigenvalue weighted by atomic mass is 10.1. The second-order valence-electron chi connectivity index (χ2n) is 5.71. The monoisotopic (exact) mass is 310 g/mol. The van der Waals surface area contributed by atoms with Gasteiger partial charge in [0.25, 0.3) is 5.91 Å². The number of halogens is 1. The molecule has 1 aromatic carbocycles. The van der Waals surface area contributed by atoms with Crippen LogP contribution in [-0.2, 0) is 4.74 Å². The Morgan fingerprint density at radius 2 is 2.14 bits per heavy atom. The first-order valence-corrected chi connectivity index (χ1v) is 7.47. The predicted molar refractivity (Wildman–Crippen MR) is 81.4 cm³/mol. The molecule has 1 aromatic rings. The second kappa shape index (κ2) is 7.67. The molecule has 1 amide bonds. The molecule has 2 rings (SSSR count). The van der Waals surface area contributed by atoms with E-state index < -0.39 is 6.10 Å². The molecule has 1 fully saturated rings. The van der Waals surface area contributed by atoms with E-state index in [2.05, 4.69) is 4.90 Å². The highest BCUT2D eigenvalue weighted by Gasteiger charge is 2.20. The summed E-state index contributed by atoms with van der Waals surface area (Å²) in [4.78, 5) is 16.0. The van der Waals surface area contributed by atoms with Gasteiger partial charge < -0.3 is 14.7 Å². The summed E-state index contributed by atoms with van der Waals surface area (Å²) in [6, 6.07) is 4.10. The van der Waals surface area contributed by atoms with E-state index >= 15 is 0 Å². The van der Waals surface area contributed by atoms with Gasteiger partial charge in [0.05, 0.1) is 19.3 Å². The lowest BCUT2D eigenvalue weighted by Crippen LogP contribution is -2.45. The van der Waals surface area contributed by atoms with Crippen LogP contribution in [0.25, 0.3) is 0 Å². The van der Waals surface area contributed by atoms with Gasteiger partial charge in [-0.2, -0.15) is 0 Å². The molecule has 1 unspecified atom stereocenters. The highest BCUT2D eigenvalue weighted by atomic mass is 19.1. The van der Waals surface area contributed by atoms with Crippen molar-refractivity contribution in [2.24, 2.45) is 0 Å². The molecule has 0 aromatic heterocycles. The van der Waals surface area contributed by atoms with E-state index in [1.165, 1.54) is 23.1 Å². The van der Waals surface area contributed by atoms with Crippen molar-refractivity contribution in [3.63, 3.8) is 0 Å². The number of hydrogen-bond donors (Lipinski definition) is 1. The van der Waals surface area contributed by atoms with Gasteiger partial charge in [0.1, 0.15) is 5.82 Å². The molecule has 5 nitrogen and oxygen atoms in total. The van der Waals surface area contributed by atoms with Crippen LogP contribution in [-0.4, -0.2) is 73.4 Å². The smallest absolute Gasteiger partial charge is 0.253 e. The van der Waals surface area contributed by atoms with Gasteiger partial charge in [-0.25, -0.2) is 4.39 Å². The van der Waals surface area contributed by atoms with Crippen LogP contribution in [0.4, 0.5) is 4.39 Å². The number of aryl methyl sites for hydroxylation is 1. The van der Waals surface area contributed by atoms with Crippen molar-refractivity contribution in [2.45, 2.75) is 13.0 Å². The Morgan fingerprint density at radius 1 is 1.45 bits per heavy atom. The van der Waals surface area contributed by atoms with Crippen LogP contribution in [0.3, 0.4) is 0 Å². The predicted octanol–water partition coefficient (Wildman–Crippen LogP) is 0.899. The van der Waals surface area contributed by atoms with Gasteiger partial charge in [-0.3, -0.25) is 9.69 Å². The minimum Gasteiger partial charge on any atom is -0.390 e. The van der Waals surface area contributed by atoms with E-state index in [0.29, 0.717) is 30.9 Å². The van der Waals surface area contributed by atoms with Gasteiger partial charge in [0.15, 0.2) is 0 Å². The molecule has 0 saturated carbocycles. The second-order valence-corrected chi connectivity index (χ2v) is 5.71. The van der Waals surface area contributed by atoms with Gasteiger partial charge in [0.2, 0.25) is 0 Å². The number of likely N-dealkylation sites (N-methyl/N-ethyl adjacent to an activating group) is 1. The summed E-state index contributed by atoms with van der Waals surface area (Å²) in [5.74, 6) is -0.567. The first-order chi connectivity index (χ1) is 10.5. The van der Waals surface area contributed by atoms with Crippen LogP contribution in [0.15, 0.2) is 18.2 Å². The number of hydrogen-bond acceptors (Lipinski definition) is 4. The number of β-amino-alcohol motifs (C(OH)–C–C–N with tert-alkyl or cyclic N) is 1. The standard InChI is InChI=1S/C16H23FN2O3/c1-12-9-13(17)3-4-15(12)16(21)18(2)10-14(20)11-19-5-7-22-8-6-19/h3-4,9,14,20H,5-8,10-11H2,1-2H3. The topological polar surface area (TPSA) is 53.0 Å². The van der Waals surface area contributed by atoms with Gasteiger partial charge in [-0.05, 0) is 30.7 Å². The Kier molecular flexibility index (Phi) is 5.88. The highest BCUT2D eigenvalue weighted by Crippen LogP contribution is 2.12. The van der Waals surface area contributed by atoms with Gasteiger partial charge >= 0.3 is 0 Å². The Balaban J connectivity index is 1.89. The molecule has 0 radical (unpaired) electrons. The molecule has 0 aliphatic carbocycles. The summed E-state index contributed by atoms with van der Waals surface area (Å²) in [6.07, 6.45) is -0.618. The Bertz CT molecular complexity index is 518. The number of carbonyl (C=O) groups is 1. The Labute approximate surface area is 130 Å². The largest absolute Gasteiger partial charge is 0.390 e. The van der Waals surface area contributed by atoms with Crippen molar-refractivity contribution in [2.75, 3.05) is 46.4 Å². The maximum absolute atomic E-state index is 13.1. The van der Waals surface area contributed by atoms with Gasteiger partial charge in [-0.15, -0.1) is 0 Å². The highest BCUT2D eigenvalue weighted by molar-refractivity contribution is 5.95.